The van der Waals surface area contributed by atoms with Crippen LogP contribution < -0.4 is 0 Å². The molecule has 18 heavy (non-hydrogen) atoms. The molecule has 0 aliphatic carbocycles. The first-order valence-electron chi connectivity index (χ1n) is 5.84. The van der Waals surface area contributed by atoms with Gasteiger partial charge in [-0.1, -0.05) is 12.1 Å². The Morgan fingerprint density at radius 3 is 2.33 bits per heavy atom. The summed E-state index contributed by atoms with van der Waals surface area (Å²) in [5.41, 5.74) is 2.84. The predicted octanol–water partition coefficient (Wildman–Crippen LogP) is 2.20. The number of ether oxygens (including phenoxy) is 2. The number of esters is 2. The van der Waals surface area contributed by atoms with E-state index in [4.69, 9.17) is 4.74 Å². The molecule has 0 radical (unpaired) electrons. The molecule has 0 saturated heterocycles. The van der Waals surface area contributed by atoms with Gasteiger partial charge in [0.25, 0.3) is 0 Å². The molecule has 4 nitrogen and oxygen atoms in total. The molecule has 1 aromatic carbocycles. The van der Waals surface area contributed by atoms with Crippen molar-refractivity contribution in [2.24, 2.45) is 0 Å². The van der Waals surface area contributed by atoms with Gasteiger partial charge >= 0.3 is 11.9 Å². The molecule has 0 amide bonds. The smallest absolute Gasteiger partial charge is 0.338 e. The van der Waals surface area contributed by atoms with Crippen molar-refractivity contribution < 1.29 is 19.1 Å². The van der Waals surface area contributed by atoms with Crippen LogP contribution in [-0.4, -0.2) is 25.7 Å². The molecule has 0 aliphatic rings. The van der Waals surface area contributed by atoms with Crippen LogP contribution in [0, 0.1) is 13.8 Å². The fourth-order valence-corrected chi connectivity index (χ4v) is 1.80. The van der Waals surface area contributed by atoms with E-state index >= 15 is 0 Å². The first-order chi connectivity index (χ1) is 8.51. The minimum atomic E-state index is -0.391. The van der Waals surface area contributed by atoms with Crippen LogP contribution in [0.4, 0.5) is 0 Å². The van der Waals surface area contributed by atoms with Crippen molar-refractivity contribution in [3.63, 3.8) is 0 Å². The first-order valence-corrected chi connectivity index (χ1v) is 5.84. The van der Waals surface area contributed by atoms with Crippen molar-refractivity contribution >= 4 is 11.9 Å². The molecule has 0 N–H and O–H groups in total. The highest BCUT2D eigenvalue weighted by Gasteiger charge is 2.19. The summed E-state index contributed by atoms with van der Waals surface area (Å²) < 4.78 is 9.68. The van der Waals surface area contributed by atoms with Crippen LogP contribution in [0.15, 0.2) is 12.1 Å². The highest BCUT2D eigenvalue weighted by atomic mass is 16.5. The van der Waals surface area contributed by atoms with Crippen LogP contribution in [0.1, 0.15) is 34.0 Å². The Balaban J connectivity index is 3.24. The lowest BCUT2D eigenvalue weighted by molar-refractivity contribution is -0.139. The molecule has 0 spiro atoms. The molecule has 1 rings (SSSR count). The Kier molecular flexibility index (Phi) is 4.89. The SMILES string of the molecule is CCOC(=O)c1c(C)ccc(C)c1CC(=O)OC. The van der Waals surface area contributed by atoms with Crippen molar-refractivity contribution in [3.05, 3.63) is 34.4 Å². The maximum Gasteiger partial charge on any atom is 0.338 e. The van der Waals surface area contributed by atoms with Gasteiger partial charge in [-0.15, -0.1) is 0 Å². The minimum absolute atomic E-state index is 0.0815. The molecule has 0 aromatic heterocycles. The van der Waals surface area contributed by atoms with Crippen LogP contribution in [-0.2, 0) is 20.7 Å². The van der Waals surface area contributed by atoms with Gasteiger partial charge in [0.1, 0.15) is 0 Å². The fraction of sp³-hybridized carbons (Fsp3) is 0.429. The summed E-state index contributed by atoms with van der Waals surface area (Å²) in [6, 6.07) is 3.73. The standard InChI is InChI=1S/C14H18O4/c1-5-18-14(16)13-10(3)7-6-9(2)11(13)8-12(15)17-4/h6-7H,5,8H2,1-4H3. The molecular weight excluding hydrogens is 232 g/mol. The second-order valence-electron chi connectivity index (χ2n) is 4.03. The van der Waals surface area contributed by atoms with Crippen LogP contribution in [0.5, 0.6) is 0 Å². The largest absolute Gasteiger partial charge is 0.469 e. The molecule has 4 heteroatoms. The third kappa shape index (κ3) is 3.09. The summed E-state index contributed by atoms with van der Waals surface area (Å²) >= 11 is 0. The van der Waals surface area contributed by atoms with E-state index in [2.05, 4.69) is 4.74 Å². The van der Waals surface area contributed by atoms with E-state index in [0.717, 1.165) is 11.1 Å². The number of methoxy groups -OCH3 is 1. The molecule has 1 aromatic rings. The van der Waals surface area contributed by atoms with Gasteiger partial charge in [-0.2, -0.15) is 0 Å². The minimum Gasteiger partial charge on any atom is -0.469 e. The third-order valence-electron chi connectivity index (χ3n) is 2.78. The molecule has 0 aliphatic heterocycles. The van der Waals surface area contributed by atoms with E-state index in [1.54, 1.807) is 6.92 Å². The lowest BCUT2D eigenvalue weighted by Crippen LogP contribution is -2.15. The number of hydrogen-bond donors (Lipinski definition) is 0. The molecular formula is C14H18O4. The van der Waals surface area contributed by atoms with Crippen LogP contribution in [0.2, 0.25) is 0 Å². The number of carbonyl (C=O) groups is 2. The highest BCUT2D eigenvalue weighted by Crippen LogP contribution is 2.20. The number of benzene rings is 1. The van der Waals surface area contributed by atoms with Crippen LogP contribution in [0.25, 0.3) is 0 Å². The lowest BCUT2D eigenvalue weighted by atomic mass is 9.95. The summed E-state index contributed by atoms with van der Waals surface area (Å²) in [5, 5.41) is 0. The number of hydrogen-bond acceptors (Lipinski definition) is 4. The predicted molar refractivity (Wildman–Crippen MR) is 67.6 cm³/mol. The first kappa shape index (κ1) is 14.2. The van der Waals surface area contributed by atoms with Gasteiger partial charge in [-0.25, -0.2) is 4.79 Å². The average Bonchev–Trinajstić information content (AvgIpc) is 2.34. The van der Waals surface area contributed by atoms with E-state index in [1.165, 1.54) is 7.11 Å². The molecule has 0 atom stereocenters. The quantitative estimate of drug-likeness (QED) is 0.769. The van der Waals surface area contributed by atoms with E-state index in [-0.39, 0.29) is 12.4 Å². The van der Waals surface area contributed by atoms with Crippen molar-refractivity contribution in [2.75, 3.05) is 13.7 Å². The van der Waals surface area contributed by atoms with E-state index in [1.807, 2.05) is 26.0 Å². The van der Waals surface area contributed by atoms with Crippen molar-refractivity contribution in [2.45, 2.75) is 27.2 Å². The third-order valence-corrected chi connectivity index (χ3v) is 2.78. The topological polar surface area (TPSA) is 52.6 Å². The average molecular weight is 250 g/mol. The number of aryl methyl sites for hydroxylation is 2. The Morgan fingerprint density at radius 2 is 1.78 bits per heavy atom. The summed E-state index contributed by atoms with van der Waals surface area (Å²) in [5.74, 6) is -0.758. The van der Waals surface area contributed by atoms with Crippen molar-refractivity contribution in [1.82, 2.24) is 0 Å². The zero-order valence-electron chi connectivity index (χ0n) is 11.2. The summed E-state index contributed by atoms with van der Waals surface area (Å²) in [4.78, 5) is 23.3. The summed E-state index contributed by atoms with van der Waals surface area (Å²) in [6.45, 7) is 5.75. The van der Waals surface area contributed by atoms with E-state index in [0.29, 0.717) is 17.7 Å². The van der Waals surface area contributed by atoms with Gasteiger partial charge in [0.2, 0.25) is 0 Å². The second kappa shape index (κ2) is 6.19. The van der Waals surface area contributed by atoms with Crippen molar-refractivity contribution in [1.29, 1.82) is 0 Å². The fourth-order valence-electron chi connectivity index (χ4n) is 1.80. The summed E-state index contributed by atoms with van der Waals surface area (Å²) in [7, 11) is 1.33. The zero-order chi connectivity index (χ0) is 13.7. The monoisotopic (exact) mass is 250 g/mol. The summed E-state index contributed by atoms with van der Waals surface area (Å²) in [6.07, 6.45) is 0.0815. The normalized spacial score (nSPS) is 10.0. The van der Waals surface area contributed by atoms with Gasteiger partial charge in [0.05, 0.1) is 25.7 Å². The van der Waals surface area contributed by atoms with Crippen molar-refractivity contribution in [3.8, 4) is 0 Å². The molecule has 0 heterocycles. The highest BCUT2D eigenvalue weighted by molar-refractivity contribution is 5.94. The molecule has 0 fully saturated rings. The van der Waals surface area contributed by atoms with Gasteiger partial charge in [-0.3, -0.25) is 4.79 Å². The Morgan fingerprint density at radius 1 is 1.17 bits per heavy atom. The Hall–Kier alpha value is -1.84. The zero-order valence-corrected chi connectivity index (χ0v) is 11.2. The van der Waals surface area contributed by atoms with Crippen LogP contribution >= 0.6 is 0 Å². The van der Waals surface area contributed by atoms with E-state index < -0.39 is 5.97 Å². The molecule has 0 unspecified atom stereocenters. The Labute approximate surface area is 107 Å². The van der Waals surface area contributed by atoms with E-state index in [9.17, 15) is 9.59 Å². The van der Waals surface area contributed by atoms with Gasteiger partial charge < -0.3 is 9.47 Å². The molecule has 0 bridgehead atoms. The lowest BCUT2D eigenvalue weighted by Gasteiger charge is -2.13. The second-order valence-corrected chi connectivity index (χ2v) is 4.03. The van der Waals surface area contributed by atoms with Gasteiger partial charge in [0, 0.05) is 0 Å². The molecule has 0 saturated carbocycles. The maximum atomic E-state index is 11.9. The number of rotatable bonds is 4. The molecule has 98 valence electrons. The number of carbonyl (C=O) groups excluding carboxylic acids is 2. The van der Waals surface area contributed by atoms with Gasteiger partial charge in [-0.05, 0) is 37.5 Å². The van der Waals surface area contributed by atoms with Crippen LogP contribution in [0.3, 0.4) is 0 Å². The maximum absolute atomic E-state index is 11.9. The Bertz CT molecular complexity index is 463. The van der Waals surface area contributed by atoms with Gasteiger partial charge in [0.15, 0.2) is 0 Å².